The second-order valence-corrected chi connectivity index (χ2v) is 4.24. The van der Waals surface area contributed by atoms with Gasteiger partial charge in [-0.2, -0.15) is 0 Å². The molecule has 2 N–H and O–H groups in total. The predicted octanol–water partition coefficient (Wildman–Crippen LogP) is 2.68. The van der Waals surface area contributed by atoms with Gasteiger partial charge in [-0.05, 0) is 20.3 Å². The summed E-state index contributed by atoms with van der Waals surface area (Å²) in [5, 5.41) is 11.9. The number of aliphatic hydroxyl groups is 1. The number of benzene rings is 1. The number of halogens is 3. The Morgan fingerprint density at radius 3 is 2.44 bits per heavy atom. The van der Waals surface area contributed by atoms with Crippen LogP contribution in [0.15, 0.2) is 12.1 Å². The molecule has 0 aromatic heterocycles. The molecule has 16 heavy (non-hydrogen) atoms. The fourth-order valence-corrected chi connectivity index (χ4v) is 1.19. The zero-order chi connectivity index (χ0) is 12.3. The summed E-state index contributed by atoms with van der Waals surface area (Å²) < 4.78 is 38.7. The molecular weight excluding hydrogens is 219 g/mol. The van der Waals surface area contributed by atoms with E-state index in [1.54, 1.807) is 13.8 Å². The second kappa shape index (κ2) is 4.74. The number of hydrogen-bond acceptors (Lipinski definition) is 2. The number of hydrogen-bond donors (Lipinski definition) is 2. The van der Waals surface area contributed by atoms with Crippen LogP contribution >= 0.6 is 0 Å². The first-order valence-corrected chi connectivity index (χ1v) is 4.90. The summed E-state index contributed by atoms with van der Waals surface area (Å²) in [5.41, 5.74) is -1.14. The third-order valence-corrected chi connectivity index (χ3v) is 2.05. The average molecular weight is 233 g/mol. The molecule has 1 rings (SSSR count). The molecule has 90 valence electrons. The van der Waals surface area contributed by atoms with Crippen LogP contribution in [0.1, 0.15) is 20.3 Å². The van der Waals surface area contributed by atoms with Crippen molar-refractivity contribution in [3.63, 3.8) is 0 Å². The van der Waals surface area contributed by atoms with Gasteiger partial charge < -0.3 is 10.4 Å². The van der Waals surface area contributed by atoms with Crippen LogP contribution in [0.5, 0.6) is 0 Å². The van der Waals surface area contributed by atoms with Crippen molar-refractivity contribution in [1.29, 1.82) is 0 Å². The maximum atomic E-state index is 13.1. The lowest BCUT2D eigenvalue weighted by Crippen LogP contribution is -2.23. The van der Waals surface area contributed by atoms with Gasteiger partial charge in [-0.1, -0.05) is 0 Å². The molecule has 1 aromatic rings. The Bertz CT molecular complexity index is 374. The zero-order valence-corrected chi connectivity index (χ0v) is 9.15. The summed E-state index contributed by atoms with van der Waals surface area (Å²) in [4.78, 5) is 0. The summed E-state index contributed by atoms with van der Waals surface area (Å²) in [6, 6.07) is 1.36. The predicted molar refractivity (Wildman–Crippen MR) is 55.7 cm³/mol. The van der Waals surface area contributed by atoms with Crippen molar-refractivity contribution in [3.8, 4) is 0 Å². The van der Waals surface area contributed by atoms with E-state index in [1.165, 1.54) is 0 Å². The molecule has 0 heterocycles. The first-order chi connectivity index (χ1) is 7.29. The molecule has 0 aliphatic heterocycles. The van der Waals surface area contributed by atoms with Crippen LogP contribution in [-0.2, 0) is 0 Å². The molecule has 0 aliphatic rings. The van der Waals surface area contributed by atoms with Gasteiger partial charge in [0.2, 0.25) is 0 Å². The SMILES string of the molecule is CC(C)(O)CCNc1cc(F)cc(F)c1F. The largest absolute Gasteiger partial charge is 0.390 e. The van der Waals surface area contributed by atoms with E-state index in [9.17, 15) is 18.3 Å². The van der Waals surface area contributed by atoms with Crippen LogP contribution in [0.3, 0.4) is 0 Å². The molecular formula is C11H14F3NO. The quantitative estimate of drug-likeness (QED) is 0.784. The van der Waals surface area contributed by atoms with Crippen LogP contribution in [0, 0.1) is 17.5 Å². The normalized spacial score (nSPS) is 11.6. The summed E-state index contributed by atoms with van der Waals surface area (Å²) in [6.07, 6.45) is 0.338. The van der Waals surface area contributed by atoms with Gasteiger partial charge in [0.1, 0.15) is 5.82 Å². The minimum atomic E-state index is -1.23. The van der Waals surface area contributed by atoms with Gasteiger partial charge in [0.15, 0.2) is 11.6 Å². The van der Waals surface area contributed by atoms with Crippen molar-refractivity contribution in [3.05, 3.63) is 29.6 Å². The molecule has 0 atom stereocenters. The maximum absolute atomic E-state index is 13.1. The summed E-state index contributed by atoms with van der Waals surface area (Å²) in [5.74, 6) is -3.19. The lowest BCUT2D eigenvalue weighted by molar-refractivity contribution is 0.0748. The Kier molecular flexibility index (Phi) is 3.80. The molecule has 0 unspecified atom stereocenters. The molecule has 0 amide bonds. The van der Waals surface area contributed by atoms with Crippen LogP contribution in [-0.4, -0.2) is 17.3 Å². The molecule has 0 radical (unpaired) electrons. The highest BCUT2D eigenvalue weighted by Crippen LogP contribution is 2.19. The van der Waals surface area contributed by atoms with Gasteiger partial charge in [-0.15, -0.1) is 0 Å². The first kappa shape index (κ1) is 12.8. The monoisotopic (exact) mass is 233 g/mol. The second-order valence-electron chi connectivity index (χ2n) is 4.24. The Hall–Kier alpha value is -1.23. The topological polar surface area (TPSA) is 32.3 Å². The van der Waals surface area contributed by atoms with E-state index in [0.717, 1.165) is 6.07 Å². The molecule has 1 aromatic carbocycles. The standard InChI is InChI=1S/C11H14F3NO/c1-11(2,16)3-4-15-9-6-7(12)5-8(13)10(9)14/h5-6,15-16H,3-4H2,1-2H3. The van der Waals surface area contributed by atoms with Gasteiger partial charge in [-0.3, -0.25) is 0 Å². The highest BCUT2D eigenvalue weighted by Gasteiger charge is 2.14. The molecule has 0 fully saturated rings. The van der Waals surface area contributed by atoms with E-state index >= 15 is 0 Å². The fourth-order valence-electron chi connectivity index (χ4n) is 1.19. The average Bonchev–Trinajstić information content (AvgIpc) is 2.11. The molecule has 0 saturated heterocycles. The highest BCUT2D eigenvalue weighted by atomic mass is 19.2. The highest BCUT2D eigenvalue weighted by molar-refractivity contribution is 5.45. The molecule has 5 heteroatoms. The summed E-state index contributed by atoms with van der Waals surface area (Å²) in [6.45, 7) is 3.41. The zero-order valence-electron chi connectivity index (χ0n) is 9.15. The minimum absolute atomic E-state index is 0.226. The molecule has 0 aliphatic carbocycles. The van der Waals surface area contributed by atoms with Gasteiger partial charge in [0.25, 0.3) is 0 Å². The maximum Gasteiger partial charge on any atom is 0.182 e. The van der Waals surface area contributed by atoms with Crippen molar-refractivity contribution in [1.82, 2.24) is 0 Å². The summed E-state index contributed by atoms with van der Waals surface area (Å²) in [7, 11) is 0. The van der Waals surface area contributed by atoms with Gasteiger partial charge in [0, 0.05) is 18.7 Å². The van der Waals surface area contributed by atoms with Gasteiger partial charge in [-0.25, -0.2) is 13.2 Å². The molecule has 0 spiro atoms. The van der Waals surface area contributed by atoms with Crippen molar-refractivity contribution >= 4 is 5.69 Å². The first-order valence-electron chi connectivity index (χ1n) is 4.90. The van der Waals surface area contributed by atoms with Crippen molar-refractivity contribution < 1.29 is 18.3 Å². The molecule has 2 nitrogen and oxygen atoms in total. The third kappa shape index (κ3) is 3.73. The molecule has 0 saturated carbocycles. The lowest BCUT2D eigenvalue weighted by atomic mass is 10.1. The third-order valence-electron chi connectivity index (χ3n) is 2.05. The Morgan fingerprint density at radius 1 is 1.25 bits per heavy atom. The minimum Gasteiger partial charge on any atom is -0.390 e. The van der Waals surface area contributed by atoms with Gasteiger partial charge in [0.05, 0.1) is 11.3 Å². The fraction of sp³-hybridized carbons (Fsp3) is 0.455. The smallest absolute Gasteiger partial charge is 0.182 e. The van der Waals surface area contributed by atoms with Crippen LogP contribution in [0.25, 0.3) is 0 Å². The van der Waals surface area contributed by atoms with Crippen LogP contribution in [0.2, 0.25) is 0 Å². The van der Waals surface area contributed by atoms with Gasteiger partial charge >= 0.3 is 0 Å². The number of nitrogens with one attached hydrogen (secondary N) is 1. The molecule has 0 bridgehead atoms. The van der Waals surface area contributed by atoms with Crippen LogP contribution in [0.4, 0.5) is 18.9 Å². The number of rotatable bonds is 4. The Morgan fingerprint density at radius 2 is 1.88 bits per heavy atom. The van der Waals surface area contributed by atoms with Crippen LogP contribution < -0.4 is 5.32 Å². The van der Waals surface area contributed by atoms with Crippen molar-refractivity contribution in [2.45, 2.75) is 25.9 Å². The lowest BCUT2D eigenvalue weighted by Gasteiger charge is -2.17. The Balaban J connectivity index is 2.67. The van der Waals surface area contributed by atoms with Crippen molar-refractivity contribution in [2.24, 2.45) is 0 Å². The van der Waals surface area contributed by atoms with E-state index in [4.69, 9.17) is 0 Å². The van der Waals surface area contributed by atoms with E-state index in [0.29, 0.717) is 12.5 Å². The van der Waals surface area contributed by atoms with E-state index in [-0.39, 0.29) is 12.2 Å². The Labute approximate surface area is 92.1 Å². The van der Waals surface area contributed by atoms with E-state index in [2.05, 4.69) is 5.32 Å². The van der Waals surface area contributed by atoms with E-state index < -0.39 is 23.1 Å². The number of anilines is 1. The summed E-state index contributed by atoms with van der Waals surface area (Å²) >= 11 is 0. The van der Waals surface area contributed by atoms with Crippen molar-refractivity contribution in [2.75, 3.05) is 11.9 Å². The van der Waals surface area contributed by atoms with E-state index in [1.807, 2.05) is 0 Å².